The van der Waals surface area contributed by atoms with Gasteiger partial charge in [0.15, 0.2) is 0 Å². The van der Waals surface area contributed by atoms with Gasteiger partial charge in [-0.25, -0.2) is 13.1 Å². The van der Waals surface area contributed by atoms with Gasteiger partial charge in [0.05, 0.1) is 4.90 Å². The zero-order chi connectivity index (χ0) is 17.6. The Kier molecular flexibility index (Phi) is 6.77. The number of rotatable bonds is 7. The molecule has 0 aliphatic carbocycles. The van der Waals surface area contributed by atoms with E-state index in [2.05, 4.69) is 21.9 Å². The maximum atomic E-state index is 12.3. The minimum Gasteiger partial charge on any atom is -0.326 e. The number of likely N-dealkylation sites (tertiary alicyclic amines) is 1. The Morgan fingerprint density at radius 3 is 2.42 bits per heavy atom. The van der Waals surface area contributed by atoms with E-state index < -0.39 is 10.0 Å². The normalized spacial score (nSPS) is 16.9. The molecule has 0 unspecified atom stereocenters. The summed E-state index contributed by atoms with van der Waals surface area (Å²) in [7, 11) is -3.51. The molecule has 1 aliphatic rings. The SMILES string of the molecule is CCC(=O)Nc1ccc(S(=O)(=O)NCCN2CCC(C)CC2)cc1. The highest BCUT2D eigenvalue weighted by Crippen LogP contribution is 2.16. The number of nitrogens with zero attached hydrogens (tertiary/aromatic N) is 1. The summed E-state index contributed by atoms with van der Waals surface area (Å²) in [4.78, 5) is 13.8. The highest BCUT2D eigenvalue weighted by Gasteiger charge is 2.17. The second-order valence-electron chi connectivity index (χ2n) is 6.35. The van der Waals surface area contributed by atoms with Crippen molar-refractivity contribution in [2.24, 2.45) is 5.92 Å². The average molecular weight is 353 g/mol. The van der Waals surface area contributed by atoms with Crippen LogP contribution in [0.1, 0.15) is 33.1 Å². The average Bonchev–Trinajstić information content (AvgIpc) is 2.57. The van der Waals surface area contributed by atoms with Crippen LogP contribution in [0.2, 0.25) is 0 Å². The van der Waals surface area contributed by atoms with Crippen LogP contribution in [0.25, 0.3) is 0 Å². The van der Waals surface area contributed by atoms with Crippen LogP contribution in [0.4, 0.5) is 5.69 Å². The van der Waals surface area contributed by atoms with E-state index in [9.17, 15) is 13.2 Å². The molecule has 0 saturated carbocycles. The topological polar surface area (TPSA) is 78.5 Å². The first-order valence-corrected chi connectivity index (χ1v) is 10.0. The first-order valence-electron chi connectivity index (χ1n) is 8.52. The van der Waals surface area contributed by atoms with Crippen molar-refractivity contribution >= 4 is 21.6 Å². The molecule has 1 aromatic carbocycles. The van der Waals surface area contributed by atoms with Crippen LogP contribution < -0.4 is 10.0 Å². The lowest BCUT2D eigenvalue weighted by molar-refractivity contribution is -0.115. The van der Waals surface area contributed by atoms with E-state index in [4.69, 9.17) is 0 Å². The van der Waals surface area contributed by atoms with Crippen LogP contribution in [-0.2, 0) is 14.8 Å². The van der Waals surface area contributed by atoms with Gasteiger partial charge < -0.3 is 10.2 Å². The lowest BCUT2D eigenvalue weighted by Crippen LogP contribution is -2.39. The van der Waals surface area contributed by atoms with Crippen molar-refractivity contribution in [2.45, 2.75) is 38.0 Å². The molecule has 0 atom stereocenters. The summed E-state index contributed by atoms with van der Waals surface area (Å²) in [6.07, 6.45) is 2.74. The zero-order valence-electron chi connectivity index (χ0n) is 14.4. The Balaban J connectivity index is 1.84. The smallest absolute Gasteiger partial charge is 0.240 e. The third-order valence-electron chi connectivity index (χ3n) is 4.37. The molecule has 24 heavy (non-hydrogen) atoms. The lowest BCUT2D eigenvalue weighted by atomic mass is 9.99. The second kappa shape index (κ2) is 8.60. The standard InChI is InChI=1S/C17H27N3O3S/c1-3-17(21)19-15-4-6-16(7-5-15)24(22,23)18-10-13-20-11-8-14(2)9-12-20/h4-7,14,18H,3,8-13H2,1-2H3,(H,19,21). The number of benzene rings is 1. The predicted octanol–water partition coefficient (Wildman–Crippen LogP) is 2.05. The fraction of sp³-hybridized carbons (Fsp3) is 0.588. The minimum atomic E-state index is -3.51. The highest BCUT2D eigenvalue weighted by atomic mass is 32.2. The van der Waals surface area contributed by atoms with Gasteiger partial charge in [-0.3, -0.25) is 4.79 Å². The molecule has 0 radical (unpaired) electrons. The second-order valence-corrected chi connectivity index (χ2v) is 8.11. The van der Waals surface area contributed by atoms with Crippen LogP contribution in [0, 0.1) is 5.92 Å². The monoisotopic (exact) mass is 353 g/mol. The molecule has 0 aromatic heterocycles. The predicted molar refractivity (Wildman–Crippen MR) is 95.4 cm³/mol. The number of carbonyl (C=O) groups excluding carboxylic acids is 1. The maximum Gasteiger partial charge on any atom is 0.240 e. The van der Waals surface area contributed by atoms with Crippen molar-refractivity contribution in [3.05, 3.63) is 24.3 Å². The number of sulfonamides is 1. The van der Waals surface area contributed by atoms with Gasteiger partial charge in [-0.15, -0.1) is 0 Å². The Morgan fingerprint density at radius 1 is 1.21 bits per heavy atom. The van der Waals surface area contributed by atoms with Crippen molar-refractivity contribution < 1.29 is 13.2 Å². The van der Waals surface area contributed by atoms with Gasteiger partial charge >= 0.3 is 0 Å². The molecule has 6 nitrogen and oxygen atoms in total. The molecule has 1 amide bonds. The Hall–Kier alpha value is -1.44. The molecule has 1 aromatic rings. The van der Waals surface area contributed by atoms with Crippen LogP contribution in [0.15, 0.2) is 29.2 Å². The number of hydrogen-bond donors (Lipinski definition) is 2. The van der Waals surface area contributed by atoms with E-state index in [0.717, 1.165) is 25.6 Å². The third kappa shape index (κ3) is 5.58. The van der Waals surface area contributed by atoms with E-state index in [1.54, 1.807) is 19.1 Å². The fourth-order valence-corrected chi connectivity index (χ4v) is 3.69. The molecular formula is C17H27N3O3S. The summed E-state index contributed by atoms with van der Waals surface area (Å²) in [6.45, 7) is 7.23. The van der Waals surface area contributed by atoms with Crippen molar-refractivity contribution in [1.82, 2.24) is 9.62 Å². The zero-order valence-corrected chi connectivity index (χ0v) is 15.2. The molecule has 1 aliphatic heterocycles. The molecule has 7 heteroatoms. The molecular weight excluding hydrogens is 326 g/mol. The fourth-order valence-electron chi connectivity index (χ4n) is 2.67. The van der Waals surface area contributed by atoms with E-state index in [1.165, 1.54) is 25.0 Å². The number of carbonyl (C=O) groups is 1. The van der Waals surface area contributed by atoms with Crippen molar-refractivity contribution in [2.75, 3.05) is 31.5 Å². The number of nitrogens with one attached hydrogen (secondary N) is 2. The minimum absolute atomic E-state index is 0.0976. The van der Waals surface area contributed by atoms with Gasteiger partial charge in [-0.2, -0.15) is 0 Å². The molecule has 0 bridgehead atoms. The van der Waals surface area contributed by atoms with Gasteiger partial charge in [-0.1, -0.05) is 13.8 Å². The molecule has 134 valence electrons. The van der Waals surface area contributed by atoms with Gasteiger partial charge in [0.1, 0.15) is 0 Å². The van der Waals surface area contributed by atoms with Crippen LogP contribution >= 0.6 is 0 Å². The highest BCUT2D eigenvalue weighted by molar-refractivity contribution is 7.89. The molecule has 1 heterocycles. The summed E-state index contributed by atoms with van der Waals surface area (Å²) < 4.78 is 27.2. The molecule has 0 spiro atoms. The van der Waals surface area contributed by atoms with Crippen molar-refractivity contribution in [3.8, 4) is 0 Å². The van der Waals surface area contributed by atoms with Gasteiger partial charge in [-0.05, 0) is 56.1 Å². The summed E-state index contributed by atoms with van der Waals surface area (Å²) in [5, 5.41) is 2.70. The number of piperidine rings is 1. The molecule has 2 rings (SSSR count). The molecule has 2 N–H and O–H groups in total. The van der Waals surface area contributed by atoms with E-state index in [0.29, 0.717) is 18.7 Å². The van der Waals surface area contributed by atoms with Crippen LogP contribution in [0.5, 0.6) is 0 Å². The summed E-state index contributed by atoms with van der Waals surface area (Å²) >= 11 is 0. The lowest BCUT2D eigenvalue weighted by Gasteiger charge is -2.30. The Labute approximate surface area is 144 Å². The van der Waals surface area contributed by atoms with Gasteiger partial charge in [0, 0.05) is 25.2 Å². The van der Waals surface area contributed by atoms with Crippen LogP contribution in [-0.4, -0.2) is 45.4 Å². The number of hydrogen-bond acceptors (Lipinski definition) is 4. The summed E-state index contributed by atoms with van der Waals surface area (Å²) in [5.74, 6) is 0.671. The number of amides is 1. The largest absolute Gasteiger partial charge is 0.326 e. The van der Waals surface area contributed by atoms with Gasteiger partial charge in [0.2, 0.25) is 15.9 Å². The van der Waals surface area contributed by atoms with Crippen molar-refractivity contribution in [3.63, 3.8) is 0 Å². The maximum absolute atomic E-state index is 12.3. The third-order valence-corrected chi connectivity index (χ3v) is 5.84. The van der Waals surface area contributed by atoms with Gasteiger partial charge in [0.25, 0.3) is 0 Å². The summed E-state index contributed by atoms with van der Waals surface area (Å²) in [5.41, 5.74) is 0.600. The van der Waals surface area contributed by atoms with Crippen molar-refractivity contribution in [1.29, 1.82) is 0 Å². The van der Waals surface area contributed by atoms with E-state index in [-0.39, 0.29) is 10.8 Å². The Bertz CT molecular complexity index is 636. The quantitative estimate of drug-likeness (QED) is 0.786. The van der Waals surface area contributed by atoms with Crippen LogP contribution in [0.3, 0.4) is 0 Å². The number of anilines is 1. The first-order chi connectivity index (χ1) is 11.4. The summed E-state index contributed by atoms with van der Waals surface area (Å²) in [6, 6.07) is 6.23. The van der Waals surface area contributed by atoms with E-state index in [1.807, 2.05) is 0 Å². The Morgan fingerprint density at radius 2 is 1.83 bits per heavy atom. The molecule has 1 fully saturated rings. The van der Waals surface area contributed by atoms with E-state index >= 15 is 0 Å². The first kappa shape index (κ1) is 18.9. The molecule has 1 saturated heterocycles.